The maximum absolute atomic E-state index is 15.7. The summed E-state index contributed by atoms with van der Waals surface area (Å²) in [6.45, 7) is 6.52. The molecule has 1 saturated heterocycles. The lowest BCUT2D eigenvalue weighted by molar-refractivity contribution is -0.111. The number of aromatic amines is 1. The van der Waals surface area contributed by atoms with Crippen molar-refractivity contribution in [1.29, 1.82) is 0 Å². The topological polar surface area (TPSA) is 133 Å². The van der Waals surface area contributed by atoms with Gasteiger partial charge in [-0.25, -0.2) is 12.8 Å². The Morgan fingerprint density at radius 3 is 2.51 bits per heavy atom. The maximum atomic E-state index is 15.7. The van der Waals surface area contributed by atoms with Crippen LogP contribution < -0.4 is 20.3 Å². The van der Waals surface area contributed by atoms with E-state index in [1.807, 2.05) is 4.90 Å². The summed E-state index contributed by atoms with van der Waals surface area (Å²) in [7, 11) is -3.33. The number of halogens is 3. The van der Waals surface area contributed by atoms with Crippen LogP contribution in [-0.4, -0.2) is 66.2 Å². The van der Waals surface area contributed by atoms with Crippen LogP contribution in [0, 0.1) is 5.82 Å². The first-order chi connectivity index (χ1) is 20.4. The van der Waals surface area contributed by atoms with Crippen LogP contribution >= 0.6 is 23.2 Å². The summed E-state index contributed by atoms with van der Waals surface area (Å²) in [4.78, 5) is 18.1. The Labute approximate surface area is 257 Å². The van der Waals surface area contributed by atoms with Crippen molar-refractivity contribution in [3.8, 4) is 5.75 Å². The molecule has 2 aromatic carbocycles. The lowest BCUT2D eigenvalue weighted by Crippen LogP contribution is -2.48. The first-order valence-corrected chi connectivity index (χ1v) is 15.7. The number of ether oxygens (including phenoxy) is 1. The average Bonchev–Trinajstić information content (AvgIpc) is 3.36. The van der Waals surface area contributed by atoms with Crippen molar-refractivity contribution in [2.24, 2.45) is 0 Å². The van der Waals surface area contributed by atoms with Gasteiger partial charge >= 0.3 is 0 Å². The molecule has 1 amide bonds. The third-order valence-electron chi connectivity index (χ3n) is 6.98. The molecule has 1 unspecified atom stereocenters. The summed E-state index contributed by atoms with van der Waals surface area (Å²) < 4.78 is 47.0. The van der Waals surface area contributed by atoms with E-state index in [1.54, 1.807) is 31.2 Å². The monoisotopic (exact) mass is 647 g/mol. The Kier molecular flexibility index (Phi) is 8.79. The summed E-state index contributed by atoms with van der Waals surface area (Å²) in [5.74, 6) is -0.415. The van der Waals surface area contributed by atoms with Gasteiger partial charge in [0.15, 0.2) is 11.6 Å². The molecule has 0 bridgehead atoms. The second kappa shape index (κ2) is 12.4. The van der Waals surface area contributed by atoms with Crippen LogP contribution in [0.2, 0.25) is 10.0 Å². The lowest BCUT2D eigenvalue weighted by atomic mass is 10.1. The Hall–Kier alpha value is -3.91. The van der Waals surface area contributed by atoms with E-state index >= 15 is 4.39 Å². The quantitative estimate of drug-likeness (QED) is 0.203. The van der Waals surface area contributed by atoms with Gasteiger partial charge in [0.25, 0.3) is 0 Å². The van der Waals surface area contributed by atoms with E-state index in [1.165, 1.54) is 22.8 Å². The van der Waals surface area contributed by atoms with Gasteiger partial charge < -0.3 is 20.3 Å². The van der Waals surface area contributed by atoms with Crippen LogP contribution in [0.5, 0.6) is 5.75 Å². The molecule has 0 spiro atoms. The van der Waals surface area contributed by atoms with E-state index in [0.29, 0.717) is 51.0 Å². The highest BCUT2D eigenvalue weighted by Crippen LogP contribution is 2.37. The molecule has 1 aliphatic heterocycles. The number of amides is 1. The molecule has 5 rings (SSSR count). The summed E-state index contributed by atoms with van der Waals surface area (Å²) in [5.41, 5.74) is 1.87. The molecule has 1 atom stereocenters. The van der Waals surface area contributed by atoms with Crippen LogP contribution in [-0.2, 0) is 14.8 Å². The van der Waals surface area contributed by atoms with Crippen molar-refractivity contribution >= 4 is 72.9 Å². The number of carbonyl (C=O) groups excluding carboxylic acids is 1. The largest absolute Gasteiger partial charge is 0.486 e. The maximum Gasteiger partial charge on any atom is 0.247 e. The summed E-state index contributed by atoms with van der Waals surface area (Å²) in [6, 6.07) is 8.20. The number of sulfonamides is 1. The number of hydrogen-bond donors (Lipinski definition) is 3. The second-order valence-electron chi connectivity index (χ2n) is 9.87. The third-order valence-corrected chi connectivity index (χ3v) is 8.88. The van der Waals surface area contributed by atoms with E-state index in [9.17, 15) is 13.2 Å². The third kappa shape index (κ3) is 6.69. The molecule has 0 radical (unpaired) electrons. The molecule has 15 heteroatoms. The Balaban J connectivity index is 1.44. The van der Waals surface area contributed by atoms with Gasteiger partial charge in [-0.1, -0.05) is 29.8 Å². The molecular weight excluding hydrogens is 620 g/mol. The molecule has 3 N–H and O–H groups in total. The second-order valence-corrected chi connectivity index (χ2v) is 12.7. The van der Waals surface area contributed by atoms with E-state index in [4.69, 9.17) is 27.9 Å². The highest BCUT2D eigenvalue weighted by Gasteiger charge is 2.25. The number of pyridine rings is 1. The summed E-state index contributed by atoms with van der Waals surface area (Å²) >= 11 is 12.6. The van der Waals surface area contributed by atoms with Crippen molar-refractivity contribution < 1.29 is 22.3 Å². The fraction of sp³-hybridized carbons (Fsp3) is 0.250. The van der Waals surface area contributed by atoms with Gasteiger partial charge in [-0.2, -0.15) is 9.40 Å². The van der Waals surface area contributed by atoms with E-state index in [-0.39, 0.29) is 30.3 Å². The minimum absolute atomic E-state index is 0.0165. The normalized spacial score (nSPS) is 14.9. The Bertz CT molecular complexity index is 1790. The fourth-order valence-electron chi connectivity index (χ4n) is 4.82. The molecule has 0 saturated carbocycles. The molecule has 1 fully saturated rings. The van der Waals surface area contributed by atoms with E-state index < -0.39 is 27.9 Å². The SMILES string of the molecule is C=CC(=O)Nc1cc(N2CCN(S(C)(=O)=O)CC2)cc(F)c1Nc1n[nH]c2ccc(OC(C)c3c(Cl)cncc3Cl)cc12. The molecule has 0 aliphatic carbocycles. The zero-order chi connectivity index (χ0) is 30.9. The zero-order valence-corrected chi connectivity index (χ0v) is 25.5. The average molecular weight is 649 g/mol. The number of hydrogen-bond acceptors (Lipinski definition) is 8. The highest BCUT2D eigenvalue weighted by molar-refractivity contribution is 7.88. The number of carbonyl (C=O) groups is 1. The van der Waals surface area contributed by atoms with Gasteiger partial charge in [0, 0.05) is 55.2 Å². The first-order valence-electron chi connectivity index (χ1n) is 13.1. The van der Waals surface area contributed by atoms with Crippen LogP contribution in [0.4, 0.5) is 27.3 Å². The number of nitrogens with one attached hydrogen (secondary N) is 3. The summed E-state index contributed by atoms with van der Waals surface area (Å²) in [6.07, 6.45) is 4.71. The van der Waals surface area contributed by atoms with Gasteiger partial charge in [-0.05, 0) is 43.3 Å². The highest BCUT2D eigenvalue weighted by atomic mass is 35.5. The first kappa shape index (κ1) is 30.5. The van der Waals surface area contributed by atoms with Crippen LogP contribution in [0.25, 0.3) is 10.9 Å². The lowest BCUT2D eigenvalue weighted by Gasteiger charge is -2.35. The smallest absolute Gasteiger partial charge is 0.247 e. The number of aromatic nitrogens is 3. The Morgan fingerprint density at radius 2 is 1.86 bits per heavy atom. The number of benzene rings is 2. The Morgan fingerprint density at radius 1 is 1.16 bits per heavy atom. The predicted molar refractivity (Wildman–Crippen MR) is 167 cm³/mol. The molecular formula is C28H28Cl2FN7O4S. The fourth-order valence-corrected chi connectivity index (χ4v) is 6.31. The molecule has 3 heterocycles. The number of anilines is 4. The van der Waals surface area contributed by atoms with Gasteiger partial charge in [0.05, 0.1) is 27.5 Å². The van der Waals surface area contributed by atoms with Crippen LogP contribution in [0.3, 0.4) is 0 Å². The number of rotatable bonds is 9. The van der Waals surface area contributed by atoms with Gasteiger partial charge in [0.1, 0.15) is 17.5 Å². The number of piperazine rings is 1. The van der Waals surface area contributed by atoms with Crippen molar-refractivity contribution in [1.82, 2.24) is 19.5 Å². The number of H-pyrrole nitrogens is 1. The van der Waals surface area contributed by atoms with Crippen molar-refractivity contribution in [3.63, 3.8) is 0 Å². The van der Waals surface area contributed by atoms with Crippen molar-refractivity contribution in [2.75, 3.05) is 48.0 Å². The van der Waals surface area contributed by atoms with Crippen molar-refractivity contribution in [2.45, 2.75) is 13.0 Å². The minimum Gasteiger partial charge on any atom is -0.486 e. The number of nitrogens with zero attached hydrogens (tertiary/aromatic N) is 4. The molecule has 2 aromatic heterocycles. The van der Waals surface area contributed by atoms with Gasteiger partial charge in [-0.15, -0.1) is 0 Å². The molecule has 43 heavy (non-hydrogen) atoms. The van der Waals surface area contributed by atoms with E-state index in [0.717, 1.165) is 12.3 Å². The van der Waals surface area contributed by atoms with Crippen molar-refractivity contribution in [3.05, 3.63) is 76.8 Å². The van der Waals surface area contributed by atoms with E-state index in [2.05, 4.69) is 32.4 Å². The molecule has 1 aliphatic rings. The number of fused-ring (bicyclic) bond motifs is 1. The summed E-state index contributed by atoms with van der Waals surface area (Å²) in [5, 5.41) is 14.2. The van der Waals surface area contributed by atoms with Crippen LogP contribution in [0.1, 0.15) is 18.6 Å². The predicted octanol–water partition coefficient (Wildman–Crippen LogP) is 5.49. The van der Waals surface area contributed by atoms with Crippen LogP contribution in [0.15, 0.2) is 55.4 Å². The zero-order valence-electron chi connectivity index (χ0n) is 23.2. The minimum atomic E-state index is -3.33. The molecule has 11 nitrogen and oxygen atoms in total. The molecule has 226 valence electrons. The van der Waals surface area contributed by atoms with Gasteiger partial charge in [-0.3, -0.25) is 14.9 Å². The molecule has 4 aromatic rings. The van der Waals surface area contributed by atoms with Gasteiger partial charge in [0.2, 0.25) is 15.9 Å². The standard InChI is InChI=1S/C28H28Cl2FN7O4S/c1-4-25(39)33-24-12-17(37-7-9-38(10-8-37)43(3,40)41)11-22(31)27(24)34-28-19-13-18(5-6-23(19)35-36-28)42-16(2)26-20(29)14-32-15-21(26)30/h4-6,11-16H,1,7-10H2,2-3H3,(H,33,39)(H2,34,35,36).